The molecule has 28 heavy (non-hydrogen) atoms. The van der Waals surface area contributed by atoms with Gasteiger partial charge in [-0.15, -0.1) is 0 Å². The fourth-order valence-electron chi connectivity index (χ4n) is 2.69. The van der Waals surface area contributed by atoms with Gasteiger partial charge in [-0.2, -0.15) is 0 Å². The molecular weight excluding hydrogens is 380 g/mol. The fraction of sp³-hybridized carbons (Fsp3) is 0.200. The second kappa shape index (κ2) is 8.18. The highest BCUT2D eigenvalue weighted by molar-refractivity contribution is 7.80. The molecule has 0 unspecified atom stereocenters. The largest absolute Gasteiger partial charge is 0.462 e. The monoisotopic (exact) mass is 398 g/mol. The van der Waals surface area contributed by atoms with E-state index >= 15 is 0 Å². The molecule has 1 aromatic carbocycles. The van der Waals surface area contributed by atoms with E-state index in [1.54, 1.807) is 50.2 Å². The number of furan rings is 1. The van der Waals surface area contributed by atoms with Gasteiger partial charge in [0.25, 0.3) is 11.8 Å². The van der Waals surface area contributed by atoms with Crippen LogP contribution in [0.2, 0.25) is 0 Å². The van der Waals surface area contributed by atoms with Crippen LogP contribution in [0.5, 0.6) is 0 Å². The number of amides is 2. The predicted octanol–water partition coefficient (Wildman–Crippen LogP) is 2.77. The Balaban J connectivity index is 1.83. The predicted molar refractivity (Wildman–Crippen MR) is 106 cm³/mol. The third kappa shape index (κ3) is 3.86. The van der Waals surface area contributed by atoms with Crippen LogP contribution >= 0.6 is 12.2 Å². The number of nitrogens with zero attached hydrogens (tertiary/aromatic N) is 1. The molecule has 1 aliphatic heterocycles. The van der Waals surface area contributed by atoms with Gasteiger partial charge in [-0.3, -0.25) is 19.8 Å². The van der Waals surface area contributed by atoms with Crippen LogP contribution in [0.1, 0.15) is 30.0 Å². The number of likely N-dealkylation sites (N-methyl/N-ethyl adjacent to an activating group) is 1. The average Bonchev–Trinajstić information content (AvgIpc) is 3.14. The summed E-state index contributed by atoms with van der Waals surface area (Å²) in [4.78, 5) is 37.6. The SMILES string of the molecule is CCOC(=O)c1ccc(-c2ccc(C=C3C(=O)NC(=S)N(CC)C3=O)o2)cc1. The third-order valence-corrected chi connectivity index (χ3v) is 4.42. The van der Waals surface area contributed by atoms with Gasteiger partial charge in [0.15, 0.2) is 5.11 Å². The van der Waals surface area contributed by atoms with Crippen molar-refractivity contribution >= 4 is 41.2 Å². The van der Waals surface area contributed by atoms with Gasteiger partial charge >= 0.3 is 5.97 Å². The Labute approximate surface area is 167 Å². The van der Waals surface area contributed by atoms with Crippen molar-refractivity contribution in [3.63, 3.8) is 0 Å². The van der Waals surface area contributed by atoms with Crippen molar-refractivity contribution < 1.29 is 23.5 Å². The van der Waals surface area contributed by atoms with Gasteiger partial charge in [0.2, 0.25) is 0 Å². The molecule has 2 heterocycles. The number of ether oxygens (including phenoxy) is 1. The molecule has 0 spiro atoms. The molecule has 3 rings (SSSR count). The Morgan fingerprint density at radius 1 is 1.18 bits per heavy atom. The van der Waals surface area contributed by atoms with Crippen LogP contribution in [0.3, 0.4) is 0 Å². The number of benzene rings is 1. The molecule has 1 aromatic heterocycles. The minimum atomic E-state index is -0.559. The lowest BCUT2D eigenvalue weighted by Crippen LogP contribution is -2.53. The summed E-state index contributed by atoms with van der Waals surface area (Å²) in [6.45, 7) is 4.18. The van der Waals surface area contributed by atoms with Crippen molar-refractivity contribution in [2.45, 2.75) is 13.8 Å². The van der Waals surface area contributed by atoms with E-state index in [-0.39, 0.29) is 16.7 Å². The Hall–Kier alpha value is -3.26. The van der Waals surface area contributed by atoms with E-state index in [1.165, 1.54) is 11.0 Å². The Morgan fingerprint density at radius 2 is 1.89 bits per heavy atom. The number of nitrogens with one attached hydrogen (secondary N) is 1. The molecule has 0 aliphatic carbocycles. The van der Waals surface area contributed by atoms with Gasteiger partial charge in [-0.05, 0) is 56.4 Å². The molecule has 1 saturated heterocycles. The number of carbonyl (C=O) groups excluding carboxylic acids is 3. The number of esters is 1. The Bertz CT molecular complexity index is 975. The molecule has 1 N–H and O–H groups in total. The van der Waals surface area contributed by atoms with E-state index in [0.717, 1.165) is 5.56 Å². The van der Waals surface area contributed by atoms with Crippen molar-refractivity contribution in [3.05, 3.63) is 53.3 Å². The Kier molecular flexibility index (Phi) is 5.70. The first kappa shape index (κ1) is 19.5. The van der Waals surface area contributed by atoms with E-state index in [4.69, 9.17) is 21.4 Å². The first-order valence-electron chi connectivity index (χ1n) is 8.70. The van der Waals surface area contributed by atoms with E-state index in [9.17, 15) is 14.4 Å². The number of rotatable bonds is 5. The van der Waals surface area contributed by atoms with Crippen molar-refractivity contribution in [3.8, 4) is 11.3 Å². The van der Waals surface area contributed by atoms with E-state index in [2.05, 4.69) is 5.32 Å². The number of carbonyl (C=O) groups is 3. The summed E-state index contributed by atoms with van der Waals surface area (Å²) in [5.74, 6) is -0.524. The molecular formula is C20H18N2O5S. The lowest BCUT2D eigenvalue weighted by atomic mass is 10.1. The van der Waals surface area contributed by atoms with Gasteiger partial charge in [-0.1, -0.05) is 12.1 Å². The van der Waals surface area contributed by atoms with Gasteiger partial charge in [0, 0.05) is 12.1 Å². The van der Waals surface area contributed by atoms with Crippen LogP contribution in [0.25, 0.3) is 17.4 Å². The summed E-state index contributed by atoms with van der Waals surface area (Å²) >= 11 is 5.00. The highest BCUT2D eigenvalue weighted by atomic mass is 32.1. The summed E-state index contributed by atoms with van der Waals surface area (Å²) in [5.41, 5.74) is 1.14. The van der Waals surface area contributed by atoms with Crippen LogP contribution in [-0.2, 0) is 14.3 Å². The zero-order valence-corrected chi connectivity index (χ0v) is 16.2. The highest BCUT2D eigenvalue weighted by Crippen LogP contribution is 2.25. The average molecular weight is 398 g/mol. The zero-order chi connectivity index (χ0) is 20.3. The van der Waals surface area contributed by atoms with E-state index < -0.39 is 11.8 Å². The van der Waals surface area contributed by atoms with E-state index in [1.807, 2.05) is 0 Å². The molecule has 1 fully saturated rings. The standard InChI is InChI=1S/C20H18N2O5S/c1-3-22-18(24)15(17(23)21-20(22)28)11-14-9-10-16(27-14)12-5-7-13(8-6-12)19(25)26-4-2/h5-11H,3-4H2,1-2H3,(H,21,23,28). The highest BCUT2D eigenvalue weighted by Gasteiger charge is 2.32. The lowest BCUT2D eigenvalue weighted by Gasteiger charge is -2.27. The van der Waals surface area contributed by atoms with Crippen molar-refractivity contribution in [2.24, 2.45) is 0 Å². The summed E-state index contributed by atoms with van der Waals surface area (Å²) in [7, 11) is 0. The minimum Gasteiger partial charge on any atom is -0.462 e. The molecule has 7 nitrogen and oxygen atoms in total. The maximum Gasteiger partial charge on any atom is 0.338 e. The van der Waals surface area contributed by atoms with Crippen LogP contribution in [0.4, 0.5) is 0 Å². The Morgan fingerprint density at radius 3 is 2.54 bits per heavy atom. The van der Waals surface area contributed by atoms with Gasteiger partial charge in [-0.25, -0.2) is 4.79 Å². The van der Waals surface area contributed by atoms with Crippen LogP contribution in [0, 0.1) is 0 Å². The number of hydrogen-bond donors (Lipinski definition) is 1. The smallest absolute Gasteiger partial charge is 0.338 e. The molecule has 0 saturated carbocycles. The maximum atomic E-state index is 12.4. The van der Waals surface area contributed by atoms with Crippen molar-refractivity contribution in [1.29, 1.82) is 0 Å². The van der Waals surface area contributed by atoms with Gasteiger partial charge < -0.3 is 9.15 Å². The molecule has 2 amide bonds. The molecule has 0 radical (unpaired) electrons. The number of thiocarbonyl (C=S) groups is 1. The minimum absolute atomic E-state index is 0.0472. The van der Waals surface area contributed by atoms with Gasteiger partial charge in [0.1, 0.15) is 17.1 Å². The topological polar surface area (TPSA) is 88.9 Å². The first-order chi connectivity index (χ1) is 13.4. The summed E-state index contributed by atoms with van der Waals surface area (Å²) < 4.78 is 10.7. The molecule has 144 valence electrons. The zero-order valence-electron chi connectivity index (χ0n) is 15.4. The van der Waals surface area contributed by atoms with Crippen molar-refractivity contribution in [2.75, 3.05) is 13.2 Å². The number of hydrogen-bond acceptors (Lipinski definition) is 6. The molecule has 8 heteroatoms. The fourth-order valence-corrected chi connectivity index (χ4v) is 3.00. The summed E-state index contributed by atoms with van der Waals surface area (Å²) in [6, 6.07) is 10.1. The first-order valence-corrected chi connectivity index (χ1v) is 9.11. The van der Waals surface area contributed by atoms with Crippen LogP contribution in [-0.4, -0.2) is 40.9 Å². The lowest BCUT2D eigenvalue weighted by molar-refractivity contribution is -0.128. The van der Waals surface area contributed by atoms with Gasteiger partial charge in [0.05, 0.1) is 12.2 Å². The molecule has 0 bridgehead atoms. The van der Waals surface area contributed by atoms with E-state index in [0.29, 0.717) is 30.2 Å². The molecule has 0 atom stereocenters. The quantitative estimate of drug-likeness (QED) is 0.361. The normalized spacial score (nSPS) is 15.7. The van der Waals surface area contributed by atoms with Crippen LogP contribution in [0.15, 0.2) is 46.4 Å². The molecule has 2 aromatic rings. The summed E-state index contributed by atoms with van der Waals surface area (Å²) in [5, 5.41) is 2.58. The second-order valence-electron chi connectivity index (χ2n) is 5.87. The molecule has 1 aliphatic rings. The van der Waals surface area contributed by atoms with Crippen LogP contribution < -0.4 is 5.32 Å². The maximum absolute atomic E-state index is 12.4. The third-order valence-electron chi connectivity index (χ3n) is 4.10. The summed E-state index contributed by atoms with van der Waals surface area (Å²) in [6.07, 6.45) is 1.39. The van der Waals surface area contributed by atoms with Crippen molar-refractivity contribution in [1.82, 2.24) is 10.2 Å². The second-order valence-corrected chi connectivity index (χ2v) is 6.25.